The molecule has 0 radical (unpaired) electrons. The van der Waals surface area contributed by atoms with Crippen molar-refractivity contribution in [1.29, 1.82) is 0 Å². The van der Waals surface area contributed by atoms with Crippen molar-refractivity contribution in [2.75, 3.05) is 0 Å². The fourth-order valence-electron chi connectivity index (χ4n) is 0.539. The van der Waals surface area contributed by atoms with E-state index >= 15 is 0 Å². The number of halogens is 3. The van der Waals surface area contributed by atoms with Gasteiger partial charge in [0, 0.05) is 0 Å². The highest BCUT2D eigenvalue weighted by Crippen LogP contribution is 2.29. The van der Waals surface area contributed by atoms with E-state index in [1.54, 1.807) is 0 Å². The first-order chi connectivity index (χ1) is 3.95. The Morgan fingerprint density at radius 1 is 1.33 bits per heavy atom. The third-order valence-electron chi connectivity index (χ3n) is 1.28. The first-order valence-electron chi connectivity index (χ1n) is 3.02. The zero-order valence-corrected chi connectivity index (χ0v) is 8.89. The SMILES string of the molecule is CC[C@@H](C)C[Si](Cl)(Cl)Cl. The van der Waals surface area contributed by atoms with Crippen LogP contribution in [0.2, 0.25) is 6.04 Å². The maximum absolute atomic E-state index is 5.68. The maximum atomic E-state index is 5.68. The summed E-state index contributed by atoms with van der Waals surface area (Å²) in [5.74, 6) is 0.559. The summed E-state index contributed by atoms with van der Waals surface area (Å²) in [7, 11) is 0. The molecule has 4 heteroatoms. The molecule has 0 saturated carbocycles. The van der Waals surface area contributed by atoms with E-state index < -0.39 is 6.00 Å². The summed E-state index contributed by atoms with van der Waals surface area (Å²) in [4.78, 5) is 0. The largest absolute Gasteiger partial charge is 0.341 e. The van der Waals surface area contributed by atoms with Crippen molar-refractivity contribution in [1.82, 2.24) is 0 Å². The van der Waals surface area contributed by atoms with Gasteiger partial charge in [-0.2, -0.15) is 0 Å². The molecule has 0 N–H and O–H groups in total. The molecule has 0 unspecified atom stereocenters. The van der Waals surface area contributed by atoms with E-state index in [0.29, 0.717) is 5.92 Å². The van der Waals surface area contributed by atoms with Gasteiger partial charge in [-0.3, -0.25) is 0 Å². The van der Waals surface area contributed by atoms with Crippen molar-refractivity contribution in [2.24, 2.45) is 5.92 Å². The molecule has 1 atom stereocenters. The van der Waals surface area contributed by atoms with Gasteiger partial charge >= 0.3 is 6.00 Å². The molecule has 0 amide bonds. The molecular weight excluding hydrogens is 194 g/mol. The molecule has 0 bridgehead atoms. The van der Waals surface area contributed by atoms with Crippen LogP contribution in [-0.2, 0) is 0 Å². The van der Waals surface area contributed by atoms with Crippen molar-refractivity contribution < 1.29 is 0 Å². The second-order valence-corrected chi connectivity index (χ2v) is 11.5. The van der Waals surface area contributed by atoms with E-state index in [1.807, 2.05) is 0 Å². The van der Waals surface area contributed by atoms with Crippen LogP contribution in [0, 0.1) is 5.92 Å². The summed E-state index contributed by atoms with van der Waals surface area (Å²) in [5.41, 5.74) is 0. The van der Waals surface area contributed by atoms with Crippen LogP contribution in [0.3, 0.4) is 0 Å². The van der Waals surface area contributed by atoms with Crippen LogP contribution >= 0.6 is 33.2 Å². The molecule has 0 fully saturated rings. The highest BCUT2D eigenvalue weighted by atomic mass is 35.8. The Hall–Kier alpha value is 1.09. The average molecular weight is 206 g/mol. The average Bonchev–Trinajstić information content (AvgIpc) is 1.62. The van der Waals surface area contributed by atoms with Crippen LogP contribution in [0.4, 0.5) is 0 Å². The highest BCUT2D eigenvalue weighted by Gasteiger charge is 2.26. The van der Waals surface area contributed by atoms with Gasteiger partial charge in [-0.05, 0) is 12.0 Å². The van der Waals surface area contributed by atoms with Gasteiger partial charge in [0.25, 0.3) is 0 Å². The van der Waals surface area contributed by atoms with Gasteiger partial charge in [0.15, 0.2) is 0 Å². The monoisotopic (exact) mass is 204 g/mol. The first kappa shape index (κ1) is 10.1. The Balaban J connectivity index is 3.47. The molecule has 0 saturated heterocycles. The molecule has 0 spiro atoms. The second-order valence-electron chi connectivity index (χ2n) is 2.33. The molecule has 56 valence electrons. The van der Waals surface area contributed by atoms with E-state index in [-0.39, 0.29) is 0 Å². The molecule has 0 aliphatic rings. The van der Waals surface area contributed by atoms with E-state index in [2.05, 4.69) is 13.8 Å². The minimum Gasteiger partial charge on any atom is -0.126 e. The standard InChI is InChI=1S/C5H11Cl3Si/c1-3-5(2)4-9(6,7)8/h5H,3-4H2,1-2H3/t5-/m1/s1. The van der Waals surface area contributed by atoms with Crippen molar-refractivity contribution in [3.05, 3.63) is 0 Å². The van der Waals surface area contributed by atoms with Gasteiger partial charge in [0.2, 0.25) is 0 Å². The molecule has 0 nitrogen and oxygen atoms in total. The third-order valence-corrected chi connectivity index (χ3v) is 3.83. The fourth-order valence-corrected chi connectivity index (χ4v) is 3.99. The summed E-state index contributed by atoms with van der Waals surface area (Å²) < 4.78 is 0. The van der Waals surface area contributed by atoms with Gasteiger partial charge in [-0.1, -0.05) is 20.3 Å². The van der Waals surface area contributed by atoms with E-state index in [1.165, 1.54) is 0 Å². The first-order valence-corrected chi connectivity index (χ1v) is 8.26. The summed E-state index contributed by atoms with van der Waals surface area (Å²) in [6.07, 6.45) is 1.10. The Kier molecular flexibility index (Phi) is 4.56. The zero-order chi connectivity index (χ0) is 7.49. The lowest BCUT2D eigenvalue weighted by Crippen LogP contribution is -2.13. The van der Waals surface area contributed by atoms with Gasteiger partial charge in [-0.15, -0.1) is 33.2 Å². The number of hydrogen-bond acceptors (Lipinski definition) is 0. The van der Waals surface area contributed by atoms with Gasteiger partial charge < -0.3 is 0 Å². The van der Waals surface area contributed by atoms with E-state index in [0.717, 1.165) is 12.5 Å². The molecule has 0 aliphatic heterocycles. The highest BCUT2D eigenvalue weighted by molar-refractivity contribution is 7.64. The topological polar surface area (TPSA) is 0 Å². The normalized spacial score (nSPS) is 15.7. The summed E-state index contributed by atoms with van der Waals surface area (Å²) in [6.45, 7) is 4.21. The second kappa shape index (κ2) is 4.07. The van der Waals surface area contributed by atoms with Gasteiger partial charge in [0.05, 0.1) is 0 Å². The van der Waals surface area contributed by atoms with Crippen molar-refractivity contribution in [3.63, 3.8) is 0 Å². The number of hydrogen-bond donors (Lipinski definition) is 0. The minimum absolute atomic E-state index is 0.559. The fraction of sp³-hybridized carbons (Fsp3) is 1.00. The predicted octanol–water partition coefficient (Wildman–Crippen LogP) is 3.69. The van der Waals surface area contributed by atoms with Gasteiger partial charge in [0.1, 0.15) is 0 Å². The van der Waals surface area contributed by atoms with Crippen LogP contribution in [0.5, 0.6) is 0 Å². The van der Waals surface area contributed by atoms with E-state index in [4.69, 9.17) is 33.2 Å². The lowest BCUT2D eigenvalue weighted by Gasteiger charge is -2.12. The predicted molar refractivity (Wildman–Crippen MR) is 47.6 cm³/mol. The van der Waals surface area contributed by atoms with Gasteiger partial charge in [-0.25, -0.2) is 0 Å². The number of rotatable bonds is 3. The molecule has 9 heavy (non-hydrogen) atoms. The molecule has 0 aromatic carbocycles. The lowest BCUT2D eigenvalue weighted by atomic mass is 10.2. The molecule has 0 aromatic heterocycles. The summed E-state index contributed by atoms with van der Waals surface area (Å²) >= 11 is 17.0. The maximum Gasteiger partial charge on any atom is 0.341 e. The summed E-state index contributed by atoms with van der Waals surface area (Å²) in [6, 6.07) is -1.54. The molecule has 0 rings (SSSR count). The van der Waals surface area contributed by atoms with Crippen LogP contribution in [-0.4, -0.2) is 6.00 Å². The van der Waals surface area contributed by atoms with Crippen LogP contribution in [0.1, 0.15) is 20.3 Å². The van der Waals surface area contributed by atoms with Crippen LogP contribution in [0.15, 0.2) is 0 Å². The van der Waals surface area contributed by atoms with Crippen molar-refractivity contribution in [2.45, 2.75) is 26.3 Å². The smallest absolute Gasteiger partial charge is 0.126 e. The zero-order valence-electron chi connectivity index (χ0n) is 5.63. The molecular formula is C5H11Cl3Si. The third kappa shape index (κ3) is 6.98. The molecule has 0 heterocycles. The Morgan fingerprint density at radius 3 is 1.89 bits per heavy atom. The van der Waals surface area contributed by atoms with E-state index in [9.17, 15) is 0 Å². The molecule has 0 aromatic rings. The van der Waals surface area contributed by atoms with Crippen molar-refractivity contribution >= 4 is 39.2 Å². The Morgan fingerprint density at radius 2 is 1.78 bits per heavy atom. The van der Waals surface area contributed by atoms with Crippen LogP contribution in [0.25, 0.3) is 0 Å². The lowest BCUT2D eigenvalue weighted by molar-refractivity contribution is 0.622. The Bertz CT molecular complexity index is 78.8. The van der Waals surface area contributed by atoms with Crippen molar-refractivity contribution in [3.8, 4) is 0 Å². The quantitative estimate of drug-likeness (QED) is 0.487. The molecule has 0 aliphatic carbocycles. The Labute approximate surface area is 71.6 Å². The minimum atomic E-state index is -2.32. The summed E-state index contributed by atoms with van der Waals surface area (Å²) in [5, 5.41) is 0. The van der Waals surface area contributed by atoms with Crippen LogP contribution < -0.4 is 0 Å².